The Morgan fingerprint density at radius 2 is 1.38 bits per heavy atom. The van der Waals surface area contributed by atoms with Crippen molar-refractivity contribution in [1.82, 2.24) is 0 Å². The summed E-state index contributed by atoms with van der Waals surface area (Å²) in [6.07, 6.45) is 0. The first-order valence-corrected chi connectivity index (χ1v) is 1.25. The summed E-state index contributed by atoms with van der Waals surface area (Å²) in [5.41, 5.74) is 0. The molecule has 0 aliphatic carbocycles. The molecule has 0 rings (SSSR count). The number of carboxylic acid groups (broad SMARTS) is 1. The first-order chi connectivity index (χ1) is 3.15. The molecule has 0 heterocycles. The maximum Gasteiger partial charge on any atom is 1.00 e. The van der Waals surface area contributed by atoms with Gasteiger partial charge in [-0.2, -0.15) is 0 Å². The third kappa shape index (κ3) is 1090. The molecule has 42 valence electrons. The maximum atomic E-state index is 8.25. The molecule has 0 amide bonds. The Kier molecular flexibility index (Phi) is 30.9. The molecule has 0 saturated heterocycles. The average Bonchev–Trinajstić information content (AvgIpc) is 1.33. The van der Waals surface area contributed by atoms with E-state index in [1.807, 2.05) is 0 Å². The van der Waals surface area contributed by atoms with Gasteiger partial charge in [-0.05, 0) is 0 Å². The van der Waals surface area contributed by atoms with Crippen molar-refractivity contribution < 1.29 is 54.5 Å². The number of carbonyl (C=O) groups excluding carboxylic acids is 1. The first-order valence-electron chi connectivity index (χ1n) is 1.25. The molecule has 0 unspecified atom stereocenters. The summed E-state index contributed by atoms with van der Waals surface area (Å²) in [6, 6.07) is 0. The summed E-state index contributed by atoms with van der Waals surface area (Å²) in [5, 5.41) is 29.8. The zero-order chi connectivity index (χ0) is 6.28. The van der Waals surface area contributed by atoms with E-state index in [4.69, 9.17) is 25.0 Å². The Balaban J connectivity index is -0.0000000575. The SMILES string of the molecule is O=C[O-].OB(O)O.[Na+]. The molecule has 8 heavy (non-hydrogen) atoms. The van der Waals surface area contributed by atoms with Crippen LogP contribution < -0.4 is 34.7 Å². The largest absolute Gasteiger partial charge is 1.00 e. The van der Waals surface area contributed by atoms with Crippen LogP contribution in [0.5, 0.6) is 0 Å². The fourth-order valence-electron chi connectivity index (χ4n) is 0. The van der Waals surface area contributed by atoms with Gasteiger partial charge in [0, 0.05) is 6.47 Å². The zero-order valence-corrected chi connectivity index (χ0v) is 6.31. The molecule has 7 heteroatoms. The molecule has 0 aromatic heterocycles. The predicted molar refractivity (Wildman–Crippen MR) is 18.5 cm³/mol. The molecule has 5 nitrogen and oxygen atoms in total. The maximum absolute atomic E-state index is 8.25. The van der Waals surface area contributed by atoms with Gasteiger partial charge in [0.05, 0.1) is 0 Å². The molecule has 0 aromatic carbocycles. The van der Waals surface area contributed by atoms with E-state index in [0.717, 1.165) is 0 Å². The van der Waals surface area contributed by atoms with Crippen LogP contribution in [-0.2, 0) is 4.79 Å². The summed E-state index contributed by atoms with van der Waals surface area (Å²) in [6.45, 7) is -0.500. The van der Waals surface area contributed by atoms with Crippen LogP contribution in [0.4, 0.5) is 0 Å². The standard InChI is InChI=1S/CH2O2.BH3O3.Na/c2-1-3;2-1(3)4;/h1H,(H,2,3);2-4H;/q;;+1/p-1. The van der Waals surface area contributed by atoms with Gasteiger partial charge in [0.2, 0.25) is 0 Å². The molecular weight excluding hydrogens is 126 g/mol. The van der Waals surface area contributed by atoms with Crippen LogP contribution in [0.15, 0.2) is 0 Å². The Morgan fingerprint density at radius 1 is 1.38 bits per heavy atom. The zero-order valence-electron chi connectivity index (χ0n) is 4.31. The van der Waals surface area contributed by atoms with E-state index in [0.29, 0.717) is 0 Å². The third-order valence-electron chi connectivity index (χ3n) is 0. The normalized spacial score (nSPS) is 4.88. The van der Waals surface area contributed by atoms with Crippen molar-refractivity contribution in [2.75, 3.05) is 0 Å². The fraction of sp³-hybridized carbons (Fsp3) is 0. The third-order valence-corrected chi connectivity index (χ3v) is 0. The van der Waals surface area contributed by atoms with E-state index in [1.165, 1.54) is 0 Å². The molecule has 0 bridgehead atoms. The molecule has 0 aromatic rings. The average molecular weight is 130 g/mol. The van der Waals surface area contributed by atoms with Crippen LogP contribution in [0.25, 0.3) is 0 Å². The predicted octanol–water partition coefficient (Wildman–Crippen LogP) is -6.68. The van der Waals surface area contributed by atoms with E-state index in [1.54, 1.807) is 0 Å². The summed E-state index contributed by atoms with van der Waals surface area (Å²) in [4.78, 5) is 8.25. The van der Waals surface area contributed by atoms with Crippen LogP contribution in [0.2, 0.25) is 0 Å². The van der Waals surface area contributed by atoms with Crippen molar-refractivity contribution in [3.8, 4) is 0 Å². The summed E-state index contributed by atoms with van der Waals surface area (Å²) < 4.78 is 0. The van der Waals surface area contributed by atoms with E-state index in [2.05, 4.69) is 0 Å². The molecule has 3 N–H and O–H groups in total. The minimum Gasteiger partial charge on any atom is -0.554 e. The number of carbonyl (C=O) groups is 1. The van der Waals surface area contributed by atoms with Gasteiger partial charge >= 0.3 is 36.9 Å². The fourth-order valence-corrected chi connectivity index (χ4v) is 0. The van der Waals surface area contributed by atoms with E-state index in [-0.39, 0.29) is 29.6 Å². The molecule has 0 aliphatic rings. The van der Waals surface area contributed by atoms with Crippen LogP contribution in [-0.4, -0.2) is 28.9 Å². The Labute approximate surface area is 68.4 Å². The van der Waals surface area contributed by atoms with Crippen LogP contribution in [0.1, 0.15) is 0 Å². The smallest absolute Gasteiger partial charge is 0.554 e. The summed E-state index contributed by atoms with van der Waals surface area (Å²) in [7, 11) is -2.17. The monoisotopic (exact) mass is 130 g/mol. The van der Waals surface area contributed by atoms with Crippen molar-refractivity contribution in [2.24, 2.45) is 0 Å². The van der Waals surface area contributed by atoms with Crippen molar-refractivity contribution in [2.45, 2.75) is 0 Å². The van der Waals surface area contributed by atoms with Gasteiger partial charge in [-0.15, -0.1) is 0 Å². The van der Waals surface area contributed by atoms with Crippen LogP contribution >= 0.6 is 0 Å². The van der Waals surface area contributed by atoms with Crippen molar-refractivity contribution in [3.63, 3.8) is 0 Å². The second kappa shape index (κ2) is 15.7. The van der Waals surface area contributed by atoms with Gasteiger partial charge < -0.3 is 25.0 Å². The molecule has 0 atom stereocenters. The van der Waals surface area contributed by atoms with Crippen LogP contribution in [0.3, 0.4) is 0 Å². The van der Waals surface area contributed by atoms with Gasteiger partial charge in [0.15, 0.2) is 0 Å². The van der Waals surface area contributed by atoms with E-state index >= 15 is 0 Å². The minimum atomic E-state index is -2.17. The van der Waals surface area contributed by atoms with Gasteiger partial charge in [0.25, 0.3) is 0 Å². The van der Waals surface area contributed by atoms with Gasteiger partial charge in [-0.1, -0.05) is 0 Å². The van der Waals surface area contributed by atoms with E-state index < -0.39 is 13.8 Å². The Bertz CT molecular complexity index is 36.7. The Morgan fingerprint density at radius 3 is 1.38 bits per heavy atom. The van der Waals surface area contributed by atoms with Crippen molar-refractivity contribution in [3.05, 3.63) is 0 Å². The molecule has 0 radical (unpaired) electrons. The first kappa shape index (κ1) is 15.8. The summed E-state index contributed by atoms with van der Waals surface area (Å²) in [5.74, 6) is 0. The second-order valence-corrected chi connectivity index (χ2v) is 0.443. The molecule has 0 aliphatic heterocycles. The van der Waals surface area contributed by atoms with E-state index in [9.17, 15) is 0 Å². The molecular formula is CH4BNaO5. The molecule has 0 saturated carbocycles. The molecule has 0 spiro atoms. The van der Waals surface area contributed by atoms with Gasteiger partial charge in [0.1, 0.15) is 0 Å². The number of hydrogen-bond donors (Lipinski definition) is 3. The minimum absolute atomic E-state index is 0. The molecule has 0 fully saturated rings. The topological polar surface area (TPSA) is 101 Å². The number of hydrogen-bond acceptors (Lipinski definition) is 5. The van der Waals surface area contributed by atoms with Crippen molar-refractivity contribution >= 4 is 13.8 Å². The van der Waals surface area contributed by atoms with Gasteiger partial charge in [-0.25, -0.2) is 0 Å². The second-order valence-electron chi connectivity index (χ2n) is 0.443. The van der Waals surface area contributed by atoms with Crippen LogP contribution in [0, 0.1) is 0 Å². The summed E-state index contributed by atoms with van der Waals surface area (Å²) >= 11 is 0. The van der Waals surface area contributed by atoms with Gasteiger partial charge in [-0.3, -0.25) is 0 Å². The van der Waals surface area contributed by atoms with Crippen molar-refractivity contribution in [1.29, 1.82) is 0 Å². The number of rotatable bonds is 0. The Hall–Kier alpha value is 0.415. The quantitative estimate of drug-likeness (QED) is 0.223.